The third kappa shape index (κ3) is 4.17. The highest BCUT2D eigenvalue weighted by Crippen LogP contribution is 2.32. The predicted octanol–water partition coefficient (Wildman–Crippen LogP) is 3.92. The van der Waals surface area contributed by atoms with E-state index in [1.165, 1.54) is 6.26 Å². The second-order valence-corrected chi connectivity index (χ2v) is 6.73. The minimum atomic E-state index is -0.162. The molecule has 1 aromatic heterocycles. The molecule has 1 amide bonds. The quantitative estimate of drug-likeness (QED) is 0.728. The zero-order chi connectivity index (χ0) is 19.3. The van der Waals surface area contributed by atoms with Gasteiger partial charge >= 0.3 is 0 Å². The Hall–Kier alpha value is -3.28. The first-order valence-corrected chi connectivity index (χ1v) is 9.38. The van der Waals surface area contributed by atoms with Crippen LogP contribution in [-0.4, -0.2) is 24.1 Å². The Morgan fingerprint density at radius 3 is 2.71 bits per heavy atom. The Labute approximate surface area is 163 Å². The molecule has 1 atom stereocenters. The highest BCUT2D eigenvalue weighted by molar-refractivity contribution is 5.78. The number of rotatable bonds is 5. The van der Waals surface area contributed by atoms with Crippen LogP contribution in [0.4, 0.5) is 0 Å². The van der Waals surface area contributed by atoms with Crippen LogP contribution in [-0.2, 0) is 11.2 Å². The van der Waals surface area contributed by atoms with Crippen LogP contribution in [0.15, 0.2) is 59.2 Å². The summed E-state index contributed by atoms with van der Waals surface area (Å²) < 4.78 is 16.9. The van der Waals surface area contributed by atoms with Gasteiger partial charge in [-0.05, 0) is 36.8 Å². The van der Waals surface area contributed by atoms with E-state index in [-0.39, 0.29) is 18.4 Å². The monoisotopic (exact) mass is 378 g/mol. The van der Waals surface area contributed by atoms with Crippen LogP contribution in [0.3, 0.4) is 0 Å². The van der Waals surface area contributed by atoms with Gasteiger partial charge < -0.3 is 19.2 Å². The fourth-order valence-electron chi connectivity index (χ4n) is 3.09. The van der Waals surface area contributed by atoms with Crippen molar-refractivity contribution in [2.24, 2.45) is 0 Å². The lowest BCUT2D eigenvalue weighted by Crippen LogP contribution is -2.28. The Balaban J connectivity index is 1.39. The number of carbonyl (C=O) groups excluding carboxylic acids is 1. The molecule has 2 aromatic carbocycles. The average Bonchev–Trinajstić information content (AvgIpc) is 3.04. The predicted molar refractivity (Wildman–Crippen MR) is 104 cm³/mol. The van der Waals surface area contributed by atoms with Crippen LogP contribution in [0.25, 0.3) is 11.5 Å². The van der Waals surface area contributed by atoms with Crippen molar-refractivity contribution in [2.45, 2.75) is 25.8 Å². The number of carbonyl (C=O) groups is 1. The molecular formula is C22H22N2O4. The average molecular weight is 378 g/mol. The van der Waals surface area contributed by atoms with Crippen molar-refractivity contribution >= 4 is 5.91 Å². The van der Waals surface area contributed by atoms with Gasteiger partial charge in [0.05, 0.1) is 31.4 Å². The topological polar surface area (TPSA) is 73.6 Å². The lowest BCUT2D eigenvalue weighted by Gasteiger charge is -2.16. The molecule has 6 heteroatoms. The maximum Gasteiger partial charge on any atom is 0.226 e. The molecule has 0 fully saturated rings. The first-order valence-electron chi connectivity index (χ1n) is 9.38. The van der Waals surface area contributed by atoms with Gasteiger partial charge in [0.15, 0.2) is 11.5 Å². The third-order valence-corrected chi connectivity index (χ3v) is 4.56. The number of oxazole rings is 1. The SMILES string of the molecule is CC(NC(=O)Cc1coc(-c2ccccc2)n1)c1ccc2c(c1)OCCCO2. The zero-order valence-electron chi connectivity index (χ0n) is 15.7. The van der Waals surface area contributed by atoms with Gasteiger partial charge in [-0.25, -0.2) is 4.98 Å². The maximum absolute atomic E-state index is 12.4. The van der Waals surface area contributed by atoms with Crippen LogP contribution in [0.1, 0.15) is 30.6 Å². The second kappa shape index (κ2) is 8.17. The highest BCUT2D eigenvalue weighted by atomic mass is 16.5. The van der Waals surface area contributed by atoms with Crippen molar-refractivity contribution in [3.63, 3.8) is 0 Å². The standard InChI is InChI=1S/C22H22N2O4/c1-15(17-8-9-19-20(12-17)27-11-5-10-26-19)23-21(25)13-18-14-28-22(24-18)16-6-3-2-4-7-16/h2-4,6-9,12,14-15H,5,10-11,13H2,1H3,(H,23,25). The summed E-state index contributed by atoms with van der Waals surface area (Å²) in [5.74, 6) is 1.86. The third-order valence-electron chi connectivity index (χ3n) is 4.56. The molecule has 28 heavy (non-hydrogen) atoms. The summed E-state index contributed by atoms with van der Waals surface area (Å²) in [7, 11) is 0. The van der Waals surface area contributed by atoms with Gasteiger partial charge in [-0.15, -0.1) is 0 Å². The van der Waals surface area contributed by atoms with E-state index in [9.17, 15) is 4.79 Å². The van der Waals surface area contributed by atoms with Crippen molar-refractivity contribution in [1.82, 2.24) is 10.3 Å². The molecule has 1 unspecified atom stereocenters. The molecule has 6 nitrogen and oxygen atoms in total. The smallest absolute Gasteiger partial charge is 0.226 e. The number of benzene rings is 2. The lowest BCUT2D eigenvalue weighted by atomic mass is 10.1. The Morgan fingerprint density at radius 2 is 1.89 bits per heavy atom. The number of nitrogens with one attached hydrogen (secondary N) is 1. The Kier molecular flexibility index (Phi) is 5.28. The Bertz CT molecular complexity index is 952. The van der Waals surface area contributed by atoms with Crippen LogP contribution in [0, 0.1) is 0 Å². The summed E-state index contributed by atoms with van der Waals surface area (Å²) in [6.45, 7) is 3.23. The minimum absolute atomic E-state index is 0.118. The summed E-state index contributed by atoms with van der Waals surface area (Å²) >= 11 is 0. The van der Waals surface area contributed by atoms with E-state index in [2.05, 4.69) is 10.3 Å². The minimum Gasteiger partial charge on any atom is -0.490 e. The van der Waals surface area contributed by atoms with Crippen LogP contribution >= 0.6 is 0 Å². The van der Waals surface area contributed by atoms with Crippen molar-refractivity contribution < 1.29 is 18.7 Å². The van der Waals surface area contributed by atoms with E-state index in [4.69, 9.17) is 13.9 Å². The van der Waals surface area contributed by atoms with E-state index in [1.807, 2.05) is 55.5 Å². The van der Waals surface area contributed by atoms with E-state index in [1.54, 1.807) is 0 Å². The summed E-state index contributed by atoms with van der Waals surface area (Å²) in [5, 5.41) is 3.00. The largest absolute Gasteiger partial charge is 0.490 e. The highest BCUT2D eigenvalue weighted by Gasteiger charge is 2.16. The fraction of sp³-hybridized carbons (Fsp3) is 0.273. The summed E-state index contributed by atoms with van der Waals surface area (Å²) in [6, 6.07) is 15.2. The maximum atomic E-state index is 12.4. The normalized spacial score (nSPS) is 14.2. The molecule has 2 heterocycles. The second-order valence-electron chi connectivity index (χ2n) is 6.73. The molecule has 4 rings (SSSR count). The van der Waals surface area contributed by atoms with Crippen LogP contribution in [0.5, 0.6) is 11.5 Å². The van der Waals surface area contributed by atoms with E-state index < -0.39 is 0 Å². The Morgan fingerprint density at radius 1 is 1.11 bits per heavy atom. The number of hydrogen-bond acceptors (Lipinski definition) is 5. The number of amides is 1. The summed E-state index contributed by atoms with van der Waals surface area (Å²) in [5.41, 5.74) is 2.44. The van der Waals surface area contributed by atoms with E-state index in [0.29, 0.717) is 24.8 Å². The van der Waals surface area contributed by atoms with Crippen molar-refractivity contribution in [3.8, 4) is 23.0 Å². The molecule has 1 aliphatic rings. The molecular weight excluding hydrogens is 356 g/mol. The van der Waals surface area contributed by atoms with Crippen molar-refractivity contribution in [1.29, 1.82) is 0 Å². The van der Waals surface area contributed by atoms with Gasteiger partial charge in [-0.3, -0.25) is 4.79 Å². The number of aromatic nitrogens is 1. The van der Waals surface area contributed by atoms with Crippen molar-refractivity contribution in [2.75, 3.05) is 13.2 Å². The van der Waals surface area contributed by atoms with Gasteiger partial charge in [0, 0.05) is 12.0 Å². The molecule has 0 spiro atoms. The molecule has 0 radical (unpaired) electrons. The number of fused-ring (bicyclic) bond motifs is 1. The molecule has 3 aromatic rings. The van der Waals surface area contributed by atoms with Crippen LogP contribution in [0.2, 0.25) is 0 Å². The summed E-state index contributed by atoms with van der Waals surface area (Å²) in [6.07, 6.45) is 2.55. The number of nitrogens with zero attached hydrogens (tertiary/aromatic N) is 1. The molecule has 1 N–H and O–H groups in total. The number of ether oxygens (including phenoxy) is 2. The van der Waals surface area contributed by atoms with E-state index in [0.717, 1.165) is 29.0 Å². The first kappa shape index (κ1) is 18.1. The van der Waals surface area contributed by atoms with Gasteiger partial charge in [0.2, 0.25) is 11.8 Å². The molecule has 144 valence electrons. The fourth-order valence-corrected chi connectivity index (χ4v) is 3.09. The van der Waals surface area contributed by atoms with E-state index >= 15 is 0 Å². The molecule has 0 saturated carbocycles. The van der Waals surface area contributed by atoms with Gasteiger partial charge in [0.25, 0.3) is 0 Å². The zero-order valence-corrected chi connectivity index (χ0v) is 15.7. The molecule has 0 aliphatic carbocycles. The van der Waals surface area contributed by atoms with Gasteiger partial charge in [0.1, 0.15) is 6.26 Å². The molecule has 1 aliphatic heterocycles. The molecule has 0 bridgehead atoms. The number of hydrogen-bond donors (Lipinski definition) is 1. The molecule has 0 saturated heterocycles. The summed E-state index contributed by atoms with van der Waals surface area (Å²) in [4.78, 5) is 16.8. The van der Waals surface area contributed by atoms with Gasteiger partial charge in [-0.2, -0.15) is 0 Å². The van der Waals surface area contributed by atoms with Crippen molar-refractivity contribution in [3.05, 3.63) is 66.1 Å². The lowest BCUT2D eigenvalue weighted by molar-refractivity contribution is -0.121. The first-order chi connectivity index (χ1) is 13.7. The van der Waals surface area contributed by atoms with Crippen LogP contribution < -0.4 is 14.8 Å². The van der Waals surface area contributed by atoms with Gasteiger partial charge in [-0.1, -0.05) is 24.3 Å².